The minimum Gasteiger partial charge on any atom is -0.258 e. The number of rotatable bonds is 2. The maximum absolute atomic E-state index is 10.9. The normalized spacial score (nSPS) is 10.0. The van der Waals surface area contributed by atoms with Gasteiger partial charge < -0.3 is 0 Å². The zero-order valence-corrected chi connectivity index (χ0v) is 8.46. The van der Waals surface area contributed by atoms with Gasteiger partial charge in [0.25, 0.3) is 5.69 Å². The second-order valence-corrected chi connectivity index (χ2v) is 3.40. The number of hydrogen-bond acceptors (Lipinski definition) is 2. The summed E-state index contributed by atoms with van der Waals surface area (Å²) in [5.41, 5.74) is 1.83. The van der Waals surface area contributed by atoms with E-state index in [1.165, 1.54) is 6.07 Å². The molecule has 0 aromatic heterocycles. The van der Waals surface area contributed by atoms with Crippen LogP contribution in [0.2, 0.25) is 0 Å². The summed E-state index contributed by atoms with van der Waals surface area (Å²) >= 11 is 0. The molecule has 0 atom stereocenters. The Bertz CT molecular complexity index is 526. The van der Waals surface area contributed by atoms with Crippen LogP contribution in [0.25, 0.3) is 11.1 Å². The second-order valence-electron chi connectivity index (χ2n) is 3.40. The molecule has 0 unspecified atom stereocenters. The van der Waals surface area contributed by atoms with Gasteiger partial charge in [0.1, 0.15) is 7.85 Å². The van der Waals surface area contributed by atoms with Gasteiger partial charge in [-0.25, -0.2) is 0 Å². The summed E-state index contributed by atoms with van der Waals surface area (Å²) in [4.78, 5) is 10.5. The number of nitro benzene ring substituents is 1. The summed E-state index contributed by atoms with van der Waals surface area (Å²) in [6.45, 7) is 0. The Morgan fingerprint density at radius 1 is 1.06 bits per heavy atom. The van der Waals surface area contributed by atoms with Crippen LogP contribution < -0.4 is 5.46 Å². The van der Waals surface area contributed by atoms with Crippen LogP contribution in [0.1, 0.15) is 0 Å². The van der Waals surface area contributed by atoms with Gasteiger partial charge in [0.05, 0.1) is 10.5 Å². The standard InChI is InChI=1S/C12H8BNO2/c13-10-6-7-11(12(8-10)14(15)16)9-4-2-1-3-5-9/h1-8H. The molecule has 0 spiro atoms. The van der Waals surface area contributed by atoms with Crippen molar-refractivity contribution in [1.82, 2.24) is 0 Å². The van der Waals surface area contributed by atoms with Gasteiger partial charge in [-0.3, -0.25) is 10.1 Å². The number of nitro groups is 1. The molecule has 0 bridgehead atoms. The summed E-state index contributed by atoms with van der Waals surface area (Å²) in [5, 5.41) is 10.9. The predicted molar refractivity (Wildman–Crippen MR) is 63.9 cm³/mol. The Morgan fingerprint density at radius 2 is 1.75 bits per heavy atom. The largest absolute Gasteiger partial charge is 0.276 e. The first-order valence-corrected chi connectivity index (χ1v) is 4.78. The van der Waals surface area contributed by atoms with Gasteiger partial charge in [0, 0.05) is 6.07 Å². The van der Waals surface area contributed by atoms with E-state index < -0.39 is 4.92 Å². The van der Waals surface area contributed by atoms with E-state index in [0.717, 1.165) is 5.56 Å². The van der Waals surface area contributed by atoms with Gasteiger partial charge in [0.15, 0.2) is 0 Å². The minimum atomic E-state index is -0.418. The highest BCUT2D eigenvalue weighted by molar-refractivity contribution is 6.32. The third kappa shape index (κ3) is 1.96. The van der Waals surface area contributed by atoms with Crippen molar-refractivity contribution in [2.24, 2.45) is 0 Å². The number of hydrogen-bond donors (Lipinski definition) is 0. The van der Waals surface area contributed by atoms with Crippen LogP contribution in [0.15, 0.2) is 48.5 Å². The molecule has 0 aliphatic rings. The maximum atomic E-state index is 10.9. The van der Waals surface area contributed by atoms with Gasteiger partial charge in [-0.15, -0.1) is 0 Å². The van der Waals surface area contributed by atoms with Crippen molar-refractivity contribution < 1.29 is 4.92 Å². The summed E-state index contributed by atoms with van der Waals surface area (Å²) in [6, 6.07) is 13.9. The molecule has 0 fully saturated rings. The molecular weight excluding hydrogens is 201 g/mol. The highest BCUT2D eigenvalue weighted by atomic mass is 16.6. The Balaban J connectivity index is 2.61. The van der Waals surface area contributed by atoms with Crippen LogP contribution in [0, 0.1) is 10.1 Å². The molecule has 0 heterocycles. The summed E-state index contributed by atoms with van der Waals surface area (Å²) < 4.78 is 0. The van der Waals surface area contributed by atoms with E-state index >= 15 is 0 Å². The van der Waals surface area contributed by atoms with E-state index in [-0.39, 0.29) is 5.69 Å². The van der Waals surface area contributed by atoms with Crippen LogP contribution in [-0.2, 0) is 0 Å². The predicted octanol–water partition coefficient (Wildman–Crippen LogP) is 2.06. The molecular formula is C12H8BNO2. The maximum Gasteiger partial charge on any atom is 0.276 e. The lowest BCUT2D eigenvalue weighted by molar-refractivity contribution is -0.384. The van der Waals surface area contributed by atoms with E-state index in [2.05, 4.69) is 0 Å². The highest BCUT2D eigenvalue weighted by Gasteiger charge is 2.14. The highest BCUT2D eigenvalue weighted by Crippen LogP contribution is 2.28. The van der Waals surface area contributed by atoms with Crippen molar-refractivity contribution in [3.63, 3.8) is 0 Å². The fraction of sp³-hybridized carbons (Fsp3) is 0. The SMILES string of the molecule is [B]c1ccc(-c2ccccc2)c([N+](=O)[O-])c1. The lowest BCUT2D eigenvalue weighted by Crippen LogP contribution is -2.04. The topological polar surface area (TPSA) is 43.1 Å². The van der Waals surface area contributed by atoms with Crippen LogP contribution in [0.4, 0.5) is 5.69 Å². The van der Waals surface area contributed by atoms with Crippen molar-refractivity contribution >= 4 is 19.0 Å². The fourth-order valence-corrected chi connectivity index (χ4v) is 1.56. The minimum absolute atomic E-state index is 0.0335. The average molecular weight is 209 g/mol. The number of benzene rings is 2. The average Bonchev–Trinajstić information content (AvgIpc) is 2.30. The molecule has 16 heavy (non-hydrogen) atoms. The van der Waals surface area contributed by atoms with Crippen LogP contribution >= 0.6 is 0 Å². The molecule has 2 rings (SSSR count). The molecule has 2 aromatic rings. The van der Waals surface area contributed by atoms with E-state index in [1.807, 2.05) is 30.3 Å². The van der Waals surface area contributed by atoms with E-state index in [4.69, 9.17) is 7.85 Å². The summed E-state index contributed by atoms with van der Waals surface area (Å²) in [5.74, 6) is 0. The van der Waals surface area contributed by atoms with Gasteiger partial charge in [-0.1, -0.05) is 41.9 Å². The lowest BCUT2D eigenvalue weighted by Gasteiger charge is -2.03. The molecule has 0 N–H and O–H groups in total. The Labute approximate surface area is 94.3 Å². The summed E-state index contributed by atoms with van der Waals surface area (Å²) in [7, 11) is 5.54. The first-order valence-electron chi connectivity index (χ1n) is 4.78. The van der Waals surface area contributed by atoms with Gasteiger partial charge in [-0.2, -0.15) is 0 Å². The van der Waals surface area contributed by atoms with Gasteiger partial charge in [-0.05, 0) is 11.6 Å². The zero-order valence-electron chi connectivity index (χ0n) is 8.46. The quantitative estimate of drug-likeness (QED) is 0.431. The molecule has 0 saturated heterocycles. The van der Waals surface area contributed by atoms with E-state index in [1.54, 1.807) is 12.1 Å². The molecule has 4 heteroatoms. The molecule has 3 nitrogen and oxygen atoms in total. The second kappa shape index (κ2) is 4.19. The van der Waals surface area contributed by atoms with Crippen LogP contribution in [0.3, 0.4) is 0 Å². The van der Waals surface area contributed by atoms with Crippen molar-refractivity contribution in [2.75, 3.05) is 0 Å². The number of nitrogens with zero attached hydrogens (tertiary/aromatic N) is 1. The Hall–Kier alpha value is -2.10. The Kier molecular flexibility index (Phi) is 2.73. The summed E-state index contributed by atoms with van der Waals surface area (Å²) in [6.07, 6.45) is 0. The van der Waals surface area contributed by atoms with Crippen molar-refractivity contribution in [3.05, 3.63) is 58.6 Å². The molecule has 76 valence electrons. The van der Waals surface area contributed by atoms with E-state index in [0.29, 0.717) is 11.0 Å². The zero-order chi connectivity index (χ0) is 11.5. The Morgan fingerprint density at radius 3 is 2.38 bits per heavy atom. The molecule has 0 aliphatic carbocycles. The van der Waals surface area contributed by atoms with Gasteiger partial charge >= 0.3 is 0 Å². The third-order valence-electron chi connectivity index (χ3n) is 2.30. The van der Waals surface area contributed by atoms with Crippen molar-refractivity contribution in [3.8, 4) is 11.1 Å². The molecule has 2 radical (unpaired) electrons. The molecule has 0 saturated carbocycles. The van der Waals surface area contributed by atoms with Crippen LogP contribution in [0.5, 0.6) is 0 Å². The van der Waals surface area contributed by atoms with Crippen molar-refractivity contribution in [1.29, 1.82) is 0 Å². The third-order valence-corrected chi connectivity index (χ3v) is 2.30. The molecule has 0 amide bonds. The molecule has 2 aromatic carbocycles. The first kappa shape index (κ1) is 10.4. The first-order chi connectivity index (χ1) is 7.68. The van der Waals surface area contributed by atoms with Crippen molar-refractivity contribution in [2.45, 2.75) is 0 Å². The van der Waals surface area contributed by atoms with Crippen LogP contribution in [-0.4, -0.2) is 12.8 Å². The smallest absolute Gasteiger partial charge is 0.258 e. The molecule has 0 aliphatic heterocycles. The van der Waals surface area contributed by atoms with Gasteiger partial charge in [0.2, 0.25) is 0 Å². The fourth-order valence-electron chi connectivity index (χ4n) is 1.56. The van der Waals surface area contributed by atoms with E-state index in [9.17, 15) is 10.1 Å². The monoisotopic (exact) mass is 209 g/mol. The lowest BCUT2D eigenvalue weighted by atomic mass is 9.92.